The minimum atomic E-state index is 1.17. The van der Waals surface area contributed by atoms with Gasteiger partial charge in [-0.05, 0) is 30.0 Å². The van der Waals surface area contributed by atoms with Crippen molar-refractivity contribution < 1.29 is 0 Å². The number of fused-ring (bicyclic) bond motifs is 1. The Balaban J connectivity index is 2.81. The van der Waals surface area contributed by atoms with Crippen molar-refractivity contribution in [3.8, 4) is 0 Å². The van der Waals surface area contributed by atoms with Crippen molar-refractivity contribution in [2.75, 3.05) is 0 Å². The number of aryl methyl sites for hydroxylation is 2. The Morgan fingerprint density at radius 1 is 1.31 bits per heavy atom. The lowest BCUT2D eigenvalue weighted by Gasteiger charge is -1.99. The van der Waals surface area contributed by atoms with Crippen LogP contribution in [-0.4, -0.2) is 4.57 Å². The highest BCUT2D eigenvalue weighted by atomic mass is 14.9. The summed E-state index contributed by atoms with van der Waals surface area (Å²) in [6, 6.07) is 8.59. The van der Waals surface area contributed by atoms with E-state index in [9.17, 15) is 0 Å². The fourth-order valence-electron chi connectivity index (χ4n) is 1.61. The first kappa shape index (κ1) is 8.11. The van der Waals surface area contributed by atoms with Gasteiger partial charge in [0.2, 0.25) is 0 Å². The summed E-state index contributed by atoms with van der Waals surface area (Å²) in [6.07, 6.45) is 1.88. The number of nitrogens with zero attached hydrogens (tertiary/aromatic N) is 1. The van der Waals surface area contributed by atoms with Gasteiger partial charge in [-0.3, -0.25) is 0 Å². The summed E-state index contributed by atoms with van der Waals surface area (Å²) < 4.78 is 2.20. The molecule has 1 nitrogen and oxygen atoms in total. The summed E-state index contributed by atoms with van der Waals surface area (Å²) in [5.74, 6) is 0. The first-order valence-corrected chi connectivity index (χ1v) is 4.41. The monoisotopic (exact) mass is 171 g/mol. The van der Waals surface area contributed by atoms with Crippen LogP contribution in [0.4, 0.5) is 0 Å². The molecule has 1 heteroatoms. The second-order valence-corrected chi connectivity index (χ2v) is 3.37. The number of rotatable bonds is 1. The Morgan fingerprint density at radius 3 is 2.77 bits per heavy atom. The molecule has 0 aliphatic carbocycles. The number of hydrogen-bond donors (Lipinski definition) is 0. The van der Waals surface area contributed by atoms with Crippen molar-refractivity contribution in [2.24, 2.45) is 7.05 Å². The summed E-state index contributed by atoms with van der Waals surface area (Å²) in [5, 5.41) is 1.30. The first-order valence-electron chi connectivity index (χ1n) is 4.41. The first-order chi connectivity index (χ1) is 6.22. The molecule has 0 fully saturated rings. The molecule has 1 aromatic carbocycles. The Hall–Kier alpha value is -1.50. The van der Waals surface area contributed by atoms with Gasteiger partial charge in [0.25, 0.3) is 0 Å². The molecule has 0 N–H and O–H groups in total. The summed E-state index contributed by atoms with van der Waals surface area (Å²) in [4.78, 5) is 0. The van der Waals surface area contributed by atoms with Crippen molar-refractivity contribution in [1.29, 1.82) is 0 Å². The van der Waals surface area contributed by atoms with E-state index in [1.807, 2.05) is 6.08 Å². The minimum Gasteiger partial charge on any atom is -0.348 e. The Kier molecular flexibility index (Phi) is 1.73. The second kappa shape index (κ2) is 2.77. The molecule has 2 aromatic rings. The lowest BCUT2D eigenvalue weighted by atomic mass is 10.1. The zero-order valence-electron chi connectivity index (χ0n) is 8.04. The van der Waals surface area contributed by atoms with Gasteiger partial charge in [0.15, 0.2) is 0 Å². The molecule has 0 amide bonds. The molecule has 0 saturated carbocycles. The van der Waals surface area contributed by atoms with E-state index in [2.05, 4.69) is 49.4 Å². The van der Waals surface area contributed by atoms with Crippen LogP contribution in [0.2, 0.25) is 0 Å². The fraction of sp³-hybridized carbons (Fsp3) is 0.167. The van der Waals surface area contributed by atoms with Crippen LogP contribution in [-0.2, 0) is 7.05 Å². The molecule has 0 spiro atoms. The molecule has 0 aliphatic rings. The van der Waals surface area contributed by atoms with Crippen LogP contribution < -0.4 is 0 Å². The third-order valence-corrected chi connectivity index (χ3v) is 2.54. The third-order valence-electron chi connectivity index (χ3n) is 2.54. The molecular weight excluding hydrogens is 158 g/mol. The summed E-state index contributed by atoms with van der Waals surface area (Å²) >= 11 is 0. The van der Waals surface area contributed by atoms with E-state index < -0.39 is 0 Å². The van der Waals surface area contributed by atoms with Gasteiger partial charge in [-0.15, -0.1) is 0 Å². The largest absolute Gasteiger partial charge is 0.348 e. The topological polar surface area (TPSA) is 4.93 Å². The Bertz CT molecular complexity index is 463. The van der Waals surface area contributed by atoms with Gasteiger partial charge in [-0.2, -0.15) is 0 Å². The number of hydrogen-bond acceptors (Lipinski definition) is 0. The van der Waals surface area contributed by atoms with Crippen LogP contribution >= 0.6 is 0 Å². The van der Waals surface area contributed by atoms with E-state index >= 15 is 0 Å². The van der Waals surface area contributed by atoms with Gasteiger partial charge in [0.05, 0.1) is 0 Å². The predicted molar refractivity (Wildman–Crippen MR) is 57.7 cm³/mol. The average Bonchev–Trinajstić information content (AvgIpc) is 2.43. The zero-order chi connectivity index (χ0) is 9.42. The molecular formula is C12H13N. The van der Waals surface area contributed by atoms with E-state index in [0.717, 1.165) is 0 Å². The van der Waals surface area contributed by atoms with Crippen LogP contribution in [0.1, 0.15) is 11.3 Å². The average molecular weight is 171 g/mol. The molecule has 0 radical (unpaired) electrons. The molecule has 0 unspecified atom stereocenters. The van der Waals surface area contributed by atoms with Gasteiger partial charge < -0.3 is 4.57 Å². The lowest BCUT2D eigenvalue weighted by Crippen LogP contribution is -1.89. The van der Waals surface area contributed by atoms with Gasteiger partial charge in [-0.1, -0.05) is 24.8 Å². The van der Waals surface area contributed by atoms with E-state index in [-0.39, 0.29) is 0 Å². The van der Waals surface area contributed by atoms with E-state index in [1.54, 1.807) is 0 Å². The maximum atomic E-state index is 3.76. The standard InChI is InChI=1S/C12H13N/c1-4-10-5-6-11-7-9(2)13(3)12(11)8-10/h4-8H,1H2,2-3H3. The molecule has 1 heterocycles. The Labute approximate surface area is 78.3 Å². The van der Waals surface area contributed by atoms with Gasteiger partial charge in [-0.25, -0.2) is 0 Å². The van der Waals surface area contributed by atoms with Crippen molar-refractivity contribution in [3.63, 3.8) is 0 Å². The molecule has 0 bridgehead atoms. The number of aromatic nitrogens is 1. The van der Waals surface area contributed by atoms with Crippen LogP contribution in [0, 0.1) is 6.92 Å². The van der Waals surface area contributed by atoms with E-state index in [0.29, 0.717) is 0 Å². The minimum absolute atomic E-state index is 1.17. The Morgan fingerprint density at radius 2 is 2.08 bits per heavy atom. The molecule has 0 atom stereocenters. The lowest BCUT2D eigenvalue weighted by molar-refractivity contribution is 0.918. The highest BCUT2D eigenvalue weighted by Crippen LogP contribution is 2.19. The fourth-order valence-corrected chi connectivity index (χ4v) is 1.61. The molecule has 13 heavy (non-hydrogen) atoms. The smallest absolute Gasteiger partial charge is 0.0485 e. The van der Waals surface area contributed by atoms with E-state index in [4.69, 9.17) is 0 Å². The van der Waals surface area contributed by atoms with Crippen LogP contribution in [0.15, 0.2) is 30.8 Å². The second-order valence-electron chi connectivity index (χ2n) is 3.37. The molecule has 1 aromatic heterocycles. The molecule has 0 saturated heterocycles. The van der Waals surface area contributed by atoms with Crippen molar-refractivity contribution in [2.45, 2.75) is 6.92 Å². The summed E-state index contributed by atoms with van der Waals surface area (Å²) in [5.41, 5.74) is 3.74. The van der Waals surface area contributed by atoms with Crippen LogP contribution in [0.25, 0.3) is 17.0 Å². The van der Waals surface area contributed by atoms with Crippen LogP contribution in [0.3, 0.4) is 0 Å². The van der Waals surface area contributed by atoms with Crippen molar-refractivity contribution in [1.82, 2.24) is 4.57 Å². The van der Waals surface area contributed by atoms with Gasteiger partial charge in [0.1, 0.15) is 0 Å². The zero-order valence-corrected chi connectivity index (χ0v) is 8.04. The van der Waals surface area contributed by atoms with Crippen LogP contribution in [0.5, 0.6) is 0 Å². The maximum absolute atomic E-state index is 3.76. The third kappa shape index (κ3) is 1.17. The normalized spacial score (nSPS) is 10.6. The van der Waals surface area contributed by atoms with E-state index in [1.165, 1.54) is 22.2 Å². The van der Waals surface area contributed by atoms with Crippen molar-refractivity contribution in [3.05, 3.63) is 42.1 Å². The van der Waals surface area contributed by atoms with Crippen molar-refractivity contribution >= 4 is 17.0 Å². The molecule has 66 valence electrons. The predicted octanol–water partition coefficient (Wildman–Crippen LogP) is 3.13. The van der Waals surface area contributed by atoms with Gasteiger partial charge in [0, 0.05) is 18.3 Å². The SMILES string of the molecule is C=Cc1ccc2cc(C)n(C)c2c1. The molecule has 0 aliphatic heterocycles. The maximum Gasteiger partial charge on any atom is 0.0485 e. The highest BCUT2D eigenvalue weighted by Gasteiger charge is 2.01. The highest BCUT2D eigenvalue weighted by molar-refractivity contribution is 5.83. The van der Waals surface area contributed by atoms with Gasteiger partial charge >= 0.3 is 0 Å². The summed E-state index contributed by atoms with van der Waals surface area (Å²) in [7, 11) is 2.09. The number of benzene rings is 1. The molecule has 2 rings (SSSR count). The quantitative estimate of drug-likeness (QED) is 0.621. The summed E-state index contributed by atoms with van der Waals surface area (Å²) in [6.45, 7) is 5.88.